The van der Waals surface area contributed by atoms with E-state index in [-0.39, 0.29) is 5.56 Å². The van der Waals surface area contributed by atoms with Crippen LogP contribution in [0.25, 0.3) is 0 Å². The summed E-state index contributed by atoms with van der Waals surface area (Å²) in [7, 11) is 0. The third-order valence-corrected chi connectivity index (χ3v) is 3.57. The van der Waals surface area contributed by atoms with Crippen molar-refractivity contribution in [3.8, 4) is 0 Å². The van der Waals surface area contributed by atoms with Gasteiger partial charge in [0, 0.05) is 16.7 Å². The van der Waals surface area contributed by atoms with Crippen molar-refractivity contribution in [2.24, 2.45) is 0 Å². The summed E-state index contributed by atoms with van der Waals surface area (Å²) in [4.78, 5) is 26.4. The van der Waals surface area contributed by atoms with Crippen molar-refractivity contribution in [2.45, 2.75) is 11.1 Å². The second-order valence-corrected chi connectivity index (χ2v) is 5.19. The van der Waals surface area contributed by atoms with Crippen LogP contribution in [0.15, 0.2) is 46.2 Å². The summed E-state index contributed by atoms with van der Waals surface area (Å²) in [6.07, 6.45) is -2.17. The molecule has 1 heterocycles. The molecule has 0 bridgehead atoms. The number of carbonyl (C=O) groups is 1. The van der Waals surface area contributed by atoms with Crippen molar-refractivity contribution < 1.29 is 18.0 Å². The average Bonchev–Trinajstić information content (AvgIpc) is 2.48. The fraction of sp³-hybridized carbons (Fsp3) is 0.143. The van der Waals surface area contributed by atoms with Gasteiger partial charge in [-0.2, -0.15) is 13.2 Å². The lowest BCUT2D eigenvalue weighted by atomic mass is 10.2. The molecule has 0 unspecified atom stereocenters. The van der Waals surface area contributed by atoms with Crippen LogP contribution in [0.2, 0.25) is 0 Å². The summed E-state index contributed by atoms with van der Waals surface area (Å²) in [6.45, 7) is 0. The molecule has 0 radical (unpaired) electrons. The predicted octanol–water partition coefficient (Wildman–Crippen LogP) is 3.37. The summed E-state index contributed by atoms with van der Waals surface area (Å²) in [5.41, 5.74) is -2.05. The number of halogens is 3. The summed E-state index contributed by atoms with van der Waals surface area (Å²) >= 11 is 1.49. The van der Waals surface area contributed by atoms with Crippen molar-refractivity contribution in [1.29, 1.82) is 0 Å². The van der Waals surface area contributed by atoms with Gasteiger partial charge >= 0.3 is 6.18 Å². The number of benzene rings is 1. The monoisotopic (exact) mass is 328 g/mol. The highest BCUT2D eigenvalue weighted by atomic mass is 32.2. The number of hydrogen-bond acceptors (Lipinski definition) is 3. The molecule has 1 aromatic carbocycles. The Balaban J connectivity index is 2.25. The smallest absolute Gasteiger partial charge is 0.327 e. The number of amides is 1. The fourth-order valence-corrected chi connectivity index (χ4v) is 2.09. The Hall–Kier alpha value is -2.22. The van der Waals surface area contributed by atoms with Gasteiger partial charge in [-0.15, -0.1) is 11.8 Å². The normalized spacial score (nSPS) is 11.3. The van der Waals surface area contributed by atoms with Crippen LogP contribution in [0.1, 0.15) is 15.9 Å². The molecule has 22 heavy (non-hydrogen) atoms. The van der Waals surface area contributed by atoms with Crippen LogP contribution in [0, 0.1) is 0 Å². The molecule has 0 aliphatic carbocycles. The van der Waals surface area contributed by atoms with Gasteiger partial charge in [-0.25, -0.2) is 0 Å². The molecule has 4 nitrogen and oxygen atoms in total. The van der Waals surface area contributed by atoms with E-state index in [0.29, 0.717) is 12.3 Å². The van der Waals surface area contributed by atoms with E-state index in [1.807, 2.05) is 11.2 Å². The SMILES string of the molecule is CSc1ccc(C(=O)Nc2cc(C(F)(F)F)c[nH]c2=O)cc1. The molecule has 0 saturated heterocycles. The third-order valence-electron chi connectivity index (χ3n) is 2.83. The van der Waals surface area contributed by atoms with E-state index < -0.39 is 28.9 Å². The summed E-state index contributed by atoms with van der Waals surface area (Å²) < 4.78 is 37.8. The number of hydrogen-bond donors (Lipinski definition) is 2. The number of carbonyl (C=O) groups excluding carboxylic acids is 1. The Morgan fingerprint density at radius 1 is 1.23 bits per heavy atom. The minimum absolute atomic E-state index is 0.245. The van der Waals surface area contributed by atoms with E-state index in [9.17, 15) is 22.8 Å². The number of pyridine rings is 1. The molecule has 1 amide bonds. The molecule has 8 heteroatoms. The number of aromatic amines is 1. The van der Waals surface area contributed by atoms with Gasteiger partial charge in [0.25, 0.3) is 11.5 Å². The first-order valence-electron chi connectivity index (χ1n) is 6.06. The fourth-order valence-electron chi connectivity index (χ4n) is 1.68. The Morgan fingerprint density at radius 2 is 1.86 bits per heavy atom. The lowest BCUT2D eigenvalue weighted by Gasteiger charge is -2.09. The highest BCUT2D eigenvalue weighted by Crippen LogP contribution is 2.29. The Labute approximate surface area is 127 Å². The molecule has 0 spiro atoms. The van der Waals surface area contributed by atoms with Gasteiger partial charge in [-0.05, 0) is 36.6 Å². The minimum Gasteiger partial charge on any atom is -0.327 e. The molecule has 1 aromatic heterocycles. The number of alkyl halides is 3. The van der Waals surface area contributed by atoms with Crippen LogP contribution in [-0.2, 0) is 6.18 Å². The van der Waals surface area contributed by atoms with E-state index >= 15 is 0 Å². The van der Waals surface area contributed by atoms with Crippen LogP contribution in [0.4, 0.5) is 18.9 Å². The molecular formula is C14H11F3N2O2S. The number of anilines is 1. The van der Waals surface area contributed by atoms with Crippen LogP contribution >= 0.6 is 11.8 Å². The number of nitrogens with one attached hydrogen (secondary N) is 2. The van der Waals surface area contributed by atoms with E-state index in [1.54, 1.807) is 12.1 Å². The topological polar surface area (TPSA) is 62.0 Å². The molecule has 0 fully saturated rings. The maximum atomic E-state index is 12.6. The maximum absolute atomic E-state index is 12.6. The zero-order valence-electron chi connectivity index (χ0n) is 11.3. The molecule has 116 valence electrons. The zero-order valence-corrected chi connectivity index (χ0v) is 12.1. The molecule has 0 aliphatic heterocycles. The van der Waals surface area contributed by atoms with Gasteiger partial charge in [0.2, 0.25) is 0 Å². The quantitative estimate of drug-likeness (QED) is 0.849. The van der Waals surface area contributed by atoms with Gasteiger partial charge < -0.3 is 10.3 Å². The Bertz CT molecular complexity index is 739. The van der Waals surface area contributed by atoms with Crippen molar-refractivity contribution in [3.05, 3.63) is 58.0 Å². The van der Waals surface area contributed by atoms with E-state index in [2.05, 4.69) is 5.32 Å². The lowest BCUT2D eigenvalue weighted by Crippen LogP contribution is -2.21. The second-order valence-electron chi connectivity index (χ2n) is 4.31. The van der Waals surface area contributed by atoms with E-state index in [4.69, 9.17) is 0 Å². The molecule has 0 aliphatic rings. The molecule has 0 atom stereocenters. The largest absolute Gasteiger partial charge is 0.417 e. The second kappa shape index (κ2) is 6.27. The van der Waals surface area contributed by atoms with Crippen molar-refractivity contribution in [2.75, 3.05) is 11.6 Å². The molecular weight excluding hydrogens is 317 g/mol. The average molecular weight is 328 g/mol. The van der Waals surface area contributed by atoms with Gasteiger partial charge in [0.1, 0.15) is 5.69 Å². The lowest BCUT2D eigenvalue weighted by molar-refractivity contribution is -0.137. The standard InChI is InChI=1S/C14H11F3N2O2S/c1-22-10-4-2-8(3-5-10)12(20)19-11-6-9(14(15,16)17)7-18-13(11)21/h2-7H,1H3,(H,18,21)(H,19,20). The van der Waals surface area contributed by atoms with Crippen LogP contribution in [0.5, 0.6) is 0 Å². The molecule has 2 rings (SSSR count). The first-order chi connectivity index (χ1) is 10.3. The van der Waals surface area contributed by atoms with Crippen molar-refractivity contribution in [1.82, 2.24) is 4.98 Å². The van der Waals surface area contributed by atoms with Gasteiger partial charge in [-0.3, -0.25) is 9.59 Å². The van der Waals surface area contributed by atoms with Gasteiger partial charge in [0.15, 0.2) is 0 Å². The molecule has 0 saturated carbocycles. The van der Waals surface area contributed by atoms with Crippen LogP contribution in [-0.4, -0.2) is 17.1 Å². The first kappa shape index (κ1) is 16.2. The highest BCUT2D eigenvalue weighted by molar-refractivity contribution is 7.98. The van der Waals surface area contributed by atoms with Gasteiger partial charge in [-0.1, -0.05) is 0 Å². The Morgan fingerprint density at radius 3 is 2.41 bits per heavy atom. The minimum atomic E-state index is -4.61. The summed E-state index contributed by atoms with van der Waals surface area (Å²) in [5.74, 6) is -0.655. The predicted molar refractivity (Wildman–Crippen MR) is 78.2 cm³/mol. The van der Waals surface area contributed by atoms with Gasteiger partial charge in [0.05, 0.1) is 5.56 Å². The first-order valence-corrected chi connectivity index (χ1v) is 7.29. The number of thioether (sulfide) groups is 1. The van der Waals surface area contributed by atoms with E-state index in [0.717, 1.165) is 4.90 Å². The van der Waals surface area contributed by atoms with Crippen molar-refractivity contribution in [3.63, 3.8) is 0 Å². The maximum Gasteiger partial charge on any atom is 0.417 e. The summed E-state index contributed by atoms with van der Waals surface area (Å²) in [5, 5.41) is 2.19. The van der Waals surface area contributed by atoms with Crippen molar-refractivity contribution >= 4 is 23.4 Å². The third kappa shape index (κ3) is 3.70. The van der Waals surface area contributed by atoms with E-state index in [1.165, 1.54) is 23.9 Å². The molecule has 2 aromatic rings. The zero-order chi connectivity index (χ0) is 16.3. The Kier molecular flexibility index (Phi) is 4.60. The number of aromatic nitrogens is 1. The number of rotatable bonds is 3. The van der Waals surface area contributed by atoms with Crippen LogP contribution in [0.3, 0.4) is 0 Å². The highest BCUT2D eigenvalue weighted by Gasteiger charge is 2.31. The van der Waals surface area contributed by atoms with Crippen LogP contribution < -0.4 is 10.9 Å². The summed E-state index contributed by atoms with van der Waals surface area (Å²) in [6, 6.07) is 7.07. The number of H-pyrrole nitrogens is 1. The molecule has 2 N–H and O–H groups in total.